The van der Waals surface area contributed by atoms with Crippen molar-refractivity contribution in [2.75, 3.05) is 6.54 Å². The van der Waals surface area contributed by atoms with Gasteiger partial charge in [-0.15, -0.1) is 0 Å². The summed E-state index contributed by atoms with van der Waals surface area (Å²) < 4.78 is 0. The Hall–Kier alpha value is -0.370. The Labute approximate surface area is 101 Å². The molecule has 0 amide bonds. The van der Waals surface area contributed by atoms with Crippen LogP contribution in [0.3, 0.4) is 0 Å². The molecule has 0 aliphatic rings. The van der Waals surface area contributed by atoms with E-state index in [1.165, 1.54) is 0 Å². The first-order chi connectivity index (χ1) is 7.22. The quantitative estimate of drug-likeness (QED) is 0.675. The Morgan fingerprint density at radius 1 is 1.19 bits per heavy atom. The van der Waals surface area contributed by atoms with Crippen molar-refractivity contribution in [3.63, 3.8) is 0 Å². The molecule has 0 aliphatic carbocycles. The molecular weight excluding hydrogens is 198 g/mol. The highest BCUT2D eigenvalue weighted by Crippen LogP contribution is 2.13. The van der Waals surface area contributed by atoms with E-state index in [9.17, 15) is 4.79 Å². The van der Waals surface area contributed by atoms with Gasteiger partial charge in [0.15, 0.2) is 0 Å². The minimum Gasteiger partial charge on any atom is -0.312 e. The maximum absolute atomic E-state index is 11.7. The number of ketones is 1. The summed E-state index contributed by atoms with van der Waals surface area (Å²) in [6.07, 6.45) is 2.82. The second-order valence-corrected chi connectivity index (χ2v) is 6.28. The largest absolute Gasteiger partial charge is 0.312 e. The van der Waals surface area contributed by atoms with Crippen molar-refractivity contribution in [1.82, 2.24) is 5.32 Å². The zero-order valence-corrected chi connectivity index (χ0v) is 11.9. The van der Waals surface area contributed by atoms with Crippen molar-refractivity contribution < 1.29 is 4.79 Å². The number of Topliss-reactive ketones (excluding diaryl/α,β-unsaturated/α-hetero) is 1. The summed E-state index contributed by atoms with van der Waals surface area (Å²) in [6, 6.07) is 0. The van der Waals surface area contributed by atoms with E-state index in [2.05, 4.69) is 46.9 Å². The van der Waals surface area contributed by atoms with Crippen molar-refractivity contribution in [2.24, 2.45) is 11.8 Å². The number of rotatable bonds is 7. The Kier molecular flexibility index (Phi) is 6.89. The molecule has 2 nitrogen and oxygen atoms in total. The van der Waals surface area contributed by atoms with Gasteiger partial charge in [-0.05, 0) is 46.1 Å². The number of carbonyl (C=O) groups excluding carboxylic acids is 1. The van der Waals surface area contributed by atoms with E-state index in [4.69, 9.17) is 0 Å². The molecule has 0 fully saturated rings. The lowest BCUT2D eigenvalue weighted by molar-refractivity contribution is -0.123. The molecule has 0 aromatic carbocycles. The SMILES string of the molecule is CC(C)CC(=O)C(C)CCCNC(C)(C)C. The predicted octanol–water partition coefficient (Wildman–Crippen LogP) is 3.41. The molecule has 0 radical (unpaired) electrons. The molecule has 0 saturated heterocycles. The third-order valence-electron chi connectivity index (χ3n) is 2.63. The van der Waals surface area contributed by atoms with Crippen molar-refractivity contribution in [1.29, 1.82) is 0 Å². The van der Waals surface area contributed by atoms with Crippen LogP contribution in [0.4, 0.5) is 0 Å². The van der Waals surface area contributed by atoms with Gasteiger partial charge in [-0.25, -0.2) is 0 Å². The zero-order chi connectivity index (χ0) is 12.8. The highest BCUT2D eigenvalue weighted by atomic mass is 16.1. The predicted molar refractivity (Wildman–Crippen MR) is 70.6 cm³/mol. The number of hydrogen-bond donors (Lipinski definition) is 1. The lowest BCUT2D eigenvalue weighted by Crippen LogP contribution is -2.36. The minimum absolute atomic E-state index is 0.186. The summed E-state index contributed by atoms with van der Waals surface area (Å²) in [5.41, 5.74) is 0.186. The zero-order valence-electron chi connectivity index (χ0n) is 11.9. The van der Waals surface area contributed by atoms with Crippen molar-refractivity contribution >= 4 is 5.78 Å². The first-order valence-electron chi connectivity index (χ1n) is 6.50. The summed E-state index contributed by atoms with van der Waals surface area (Å²) in [5.74, 6) is 1.14. The van der Waals surface area contributed by atoms with Gasteiger partial charge in [0, 0.05) is 17.9 Å². The van der Waals surface area contributed by atoms with Crippen LogP contribution >= 0.6 is 0 Å². The van der Waals surface area contributed by atoms with Gasteiger partial charge in [0.2, 0.25) is 0 Å². The summed E-state index contributed by atoms with van der Waals surface area (Å²) in [5, 5.41) is 3.45. The molecule has 0 aromatic rings. The fraction of sp³-hybridized carbons (Fsp3) is 0.929. The molecule has 0 rings (SSSR count). The third-order valence-corrected chi connectivity index (χ3v) is 2.63. The monoisotopic (exact) mass is 227 g/mol. The molecule has 0 heterocycles. The fourth-order valence-electron chi connectivity index (χ4n) is 1.64. The molecule has 0 aliphatic heterocycles. The molecule has 16 heavy (non-hydrogen) atoms. The van der Waals surface area contributed by atoms with E-state index in [1.54, 1.807) is 0 Å². The van der Waals surface area contributed by atoms with Gasteiger partial charge in [-0.3, -0.25) is 4.79 Å². The van der Waals surface area contributed by atoms with Gasteiger partial charge in [-0.1, -0.05) is 20.8 Å². The molecule has 1 atom stereocenters. The van der Waals surface area contributed by atoms with E-state index >= 15 is 0 Å². The Morgan fingerprint density at radius 2 is 1.75 bits per heavy atom. The number of hydrogen-bond acceptors (Lipinski definition) is 2. The third kappa shape index (κ3) is 8.90. The van der Waals surface area contributed by atoms with Crippen molar-refractivity contribution in [3.05, 3.63) is 0 Å². The first kappa shape index (κ1) is 15.6. The van der Waals surface area contributed by atoms with Crippen LogP contribution in [-0.4, -0.2) is 17.9 Å². The Morgan fingerprint density at radius 3 is 2.19 bits per heavy atom. The molecule has 0 spiro atoms. The topological polar surface area (TPSA) is 29.1 Å². The molecule has 1 unspecified atom stereocenters. The van der Waals surface area contributed by atoms with Crippen LogP contribution in [0.5, 0.6) is 0 Å². The van der Waals surface area contributed by atoms with Gasteiger partial charge >= 0.3 is 0 Å². The van der Waals surface area contributed by atoms with Crippen molar-refractivity contribution in [3.8, 4) is 0 Å². The standard InChI is InChI=1S/C14H29NO/c1-11(2)10-13(16)12(3)8-7-9-15-14(4,5)6/h11-12,15H,7-10H2,1-6H3. The van der Waals surface area contributed by atoms with Crippen molar-refractivity contribution in [2.45, 2.75) is 66.3 Å². The molecule has 0 aromatic heterocycles. The van der Waals surface area contributed by atoms with Crippen LogP contribution in [0.25, 0.3) is 0 Å². The second-order valence-electron chi connectivity index (χ2n) is 6.28. The lowest BCUT2D eigenvalue weighted by Gasteiger charge is -2.21. The van der Waals surface area contributed by atoms with Crippen LogP contribution < -0.4 is 5.32 Å². The molecular formula is C14H29NO. The number of nitrogens with one attached hydrogen (secondary N) is 1. The second kappa shape index (κ2) is 7.05. The summed E-state index contributed by atoms with van der Waals surface area (Å²) in [7, 11) is 0. The Balaban J connectivity index is 3.65. The summed E-state index contributed by atoms with van der Waals surface area (Å²) in [6.45, 7) is 13.8. The fourth-order valence-corrected chi connectivity index (χ4v) is 1.64. The average Bonchev–Trinajstić information content (AvgIpc) is 2.09. The number of carbonyl (C=O) groups is 1. The Bertz CT molecular complexity index is 203. The smallest absolute Gasteiger partial charge is 0.135 e. The van der Waals surface area contributed by atoms with Gasteiger partial charge in [0.25, 0.3) is 0 Å². The summed E-state index contributed by atoms with van der Waals surface area (Å²) >= 11 is 0. The molecule has 0 bridgehead atoms. The van der Waals surface area contributed by atoms with Crippen LogP contribution in [0, 0.1) is 11.8 Å². The lowest BCUT2D eigenvalue weighted by atomic mass is 9.94. The average molecular weight is 227 g/mol. The van der Waals surface area contributed by atoms with Crippen LogP contribution in [-0.2, 0) is 4.79 Å². The first-order valence-corrected chi connectivity index (χ1v) is 6.50. The van der Waals surface area contributed by atoms with E-state index in [-0.39, 0.29) is 11.5 Å². The minimum atomic E-state index is 0.186. The summed E-state index contributed by atoms with van der Waals surface area (Å²) in [4.78, 5) is 11.7. The van der Waals surface area contributed by atoms with Gasteiger partial charge in [0.1, 0.15) is 5.78 Å². The highest BCUT2D eigenvalue weighted by Gasteiger charge is 2.14. The maximum Gasteiger partial charge on any atom is 0.135 e. The van der Waals surface area contributed by atoms with Crippen LogP contribution in [0.15, 0.2) is 0 Å². The molecule has 0 saturated carbocycles. The van der Waals surface area contributed by atoms with Crippen LogP contribution in [0.2, 0.25) is 0 Å². The molecule has 1 N–H and O–H groups in total. The van der Waals surface area contributed by atoms with E-state index < -0.39 is 0 Å². The van der Waals surface area contributed by atoms with Gasteiger partial charge in [0.05, 0.1) is 0 Å². The van der Waals surface area contributed by atoms with Crippen LogP contribution in [0.1, 0.15) is 60.8 Å². The molecule has 2 heteroatoms. The van der Waals surface area contributed by atoms with E-state index in [1.807, 2.05) is 0 Å². The molecule has 96 valence electrons. The maximum atomic E-state index is 11.7. The van der Waals surface area contributed by atoms with E-state index in [0.717, 1.165) is 25.8 Å². The van der Waals surface area contributed by atoms with E-state index in [0.29, 0.717) is 11.7 Å². The highest BCUT2D eigenvalue weighted by molar-refractivity contribution is 5.80. The van der Waals surface area contributed by atoms with Gasteiger partial charge in [-0.2, -0.15) is 0 Å². The normalized spacial score (nSPS) is 14.2. The van der Waals surface area contributed by atoms with Gasteiger partial charge < -0.3 is 5.32 Å².